The number of carbonyl (C=O) groups excluding carboxylic acids is 1. The molecule has 1 aromatic rings. The van der Waals surface area contributed by atoms with Crippen molar-refractivity contribution in [2.45, 2.75) is 19.9 Å². The van der Waals surface area contributed by atoms with Crippen LogP contribution >= 0.6 is 0 Å². The minimum Gasteiger partial charge on any atom is -0.481 e. The predicted molar refractivity (Wildman–Crippen MR) is 70.7 cm³/mol. The highest BCUT2D eigenvalue weighted by atomic mass is 16.4. The Hall–Kier alpha value is -2.04. The van der Waals surface area contributed by atoms with Gasteiger partial charge in [-0.3, -0.25) is 4.79 Å². The lowest BCUT2D eigenvalue weighted by Crippen LogP contribution is -2.50. The van der Waals surface area contributed by atoms with Gasteiger partial charge in [-0.05, 0) is 12.5 Å². The predicted octanol–water partition coefficient (Wildman–Crippen LogP) is 1.61. The third kappa shape index (κ3) is 3.71. The van der Waals surface area contributed by atoms with Crippen LogP contribution in [0, 0.1) is 12.8 Å². The number of nitrogens with zero attached hydrogens (tertiary/aromatic N) is 1. The first-order valence-corrected chi connectivity index (χ1v) is 6.34. The van der Waals surface area contributed by atoms with E-state index in [1.165, 1.54) is 5.56 Å². The second-order valence-corrected chi connectivity index (χ2v) is 5.02. The Morgan fingerprint density at radius 3 is 2.74 bits per heavy atom. The highest BCUT2D eigenvalue weighted by Crippen LogP contribution is 2.14. The Bertz CT molecular complexity index is 470. The zero-order chi connectivity index (χ0) is 13.8. The number of amides is 2. The molecule has 2 amide bonds. The molecule has 1 heterocycles. The summed E-state index contributed by atoms with van der Waals surface area (Å²) in [5.74, 6) is -0.850. The fourth-order valence-corrected chi connectivity index (χ4v) is 2.24. The first-order valence-electron chi connectivity index (χ1n) is 6.34. The molecule has 0 saturated carbocycles. The lowest BCUT2D eigenvalue weighted by atomic mass is 10.0. The number of urea groups is 1. The van der Waals surface area contributed by atoms with Crippen LogP contribution in [0.2, 0.25) is 0 Å². The second-order valence-electron chi connectivity index (χ2n) is 5.02. The SMILES string of the molecule is Cc1ccc(CN2CC(CC(=O)O)CNC2=O)cc1. The second kappa shape index (κ2) is 5.73. The van der Waals surface area contributed by atoms with E-state index in [9.17, 15) is 9.59 Å². The normalized spacial score (nSPS) is 19.1. The van der Waals surface area contributed by atoms with Crippen molar-refractivity contribution in [2.75, 3.05) is 13.1 Å². The molecule has 1 unspecified atom stereocenters. The van der Waals surface area contributed by atoms with Crippen LogP contribution in [-0.4, -0.2) is 35.1 Å². The lowest BCUT2D eigenvalue weighted by Gasteiger charge is -2.32. The van der Waals surface area contributed by atoms with Crippen LogP contribution in [0.1, 0.15) is 17.5 Å². The summed E-state index contributed by atoms with van der Waals surface area (Å²) in [7, 11) is 0. The smallest absolute Gasteiger partial charge is 0.317 e. The van der Waals surface area contributed by atoms with Crippen molar-refractivity contribution >= 4 is 12.0 Å². The molecule has 2 rings (SSSR count). The number of rotatable bonds is 4. The highest BCUT2D eigenvalue weighted by Gasteiger charge is 2.26. The van der Waals surface area contributed by atoms with Gasteiger partial charge in [-0.1, -0.05) is 29.8 Å². The van der Waals surface area contributed by atoms with Crippen LogP contribution in [0.25, 0.3) is 0 Å². The molecule has 0 spiro atoms. The van der Waals surface area contributed by atoms with Crippen LogP contribution in [0.5, 0.6) is 0 Å². The number of nitrogens with one attached hydrogen (secondary N) is 1. The quantitative estimate of drug-likeness (QED) is 0.866. The first kappa shape index (κ1) is 13.4. The van der Waals surface area contributed by atoms with Crippen molar-refractivity contribution in [2.24, 2.45) is 5.92 Å². The number of hydrogen-bond acceptors (Lipinski definition) is 2. The summed E-state index contributed by atoms with van der Waals surface area (Å²) in [5.41, 5.74) is 2.23. The molecule has 19 heavy (non-hydrogen) atoms. The molecule has 5 heteroatoms. The van der Waals surface area contributed by atoms with Gasteiger partial charge in [-0.2, -0.15) is 0 Å². The third-order valence-electron chi connectivity index (χ3n) is 3.27. The van der Waals surface area contributed by atoms with E-state index in [0.717, 1.165) is 5.56 Å². The van der Waals surface area contributed by atoms with Crippen LogP contribution in [-0.2, 0) is 11.3 Å². The fourth-order valence-electron chi connectivity index (χ4n) is 2.24. The number of benzene rings is 1. The molecule has 0 radical (unpaired) electrons. The van der Waals surface area contributed by atoms with E-state index < -0.39 is 5.97 Å². The van der Waals surface area contributed by atoms with Gasteiger partial charge in [0.15, 0.2) is 0 Å². The van der Waals surface area contributed by atoms with Crippen molar-refractivity contribution < 1.29 is 14.7 Å². The number of aliphatic carboxylic acids is 1. The Balaban J connectivity index is 1.99. The molecule has 5 nitrogen and oxygen atoms in total. The minimum absolute atomic E-state index is 0.0272. The summed E-state index contributed by atoms with van der Waals surface area (Å²) in [6, 6.07) is 7.87. The summed E-state index contributed by atoms with van der Waals surface area (Å²) in [4.78, 5) is 24.2. The average Bonchev–Trinajstić information content (AvgIpc) is 2.35. The van der Waals surface area contributed by atoms with Gasteiger partial charge in [0.2, 0.25) is 0 Å². The van der Waals surface area contributed by atoms with Gasteiger partial charge in [0, 0.05) is 25.6 Å². The summed E-state index contributed by atoms with van der Waals surface area (Å²) >= 11 is 0. The van der Waals surface area contributed by atoms with Gasteiger partial charge in [-0.15, -0.1) is 0 Å². The standard InChI is InChI=1S/C14H18N2O3/c1-10-2-4-11(5-3-10)8-16-9-12(6-13(17)18)7-15-14(16)19/h2-5,12H,6-9H2,1H3,(H,15,19)(H,17,18). The third-order valence-corrected chi connectivity index (χ3v) is 3.27. The van der Waals surface area contributed by atoms with Gasteiger partial charge in [-0.25, -0.2) is 4.79 Å². The Labute approximate surface area is 112 Å². The summed E-state index contributed by atoms with van der Waals surface area (Å²) in [5, 5.41) is 11.5. The van der Waals surface area contributed by atoms with Crippen LogP contribution < -0.4 is 5.32 Å². The summed E-state index contributed by atoms with van der Waals surface area (Å²) < 4.78 is 0. The summed E-state index contributed by atoms with van der Waals surface area (Å²) in [6.07, 6.45) is 0.0880. The molecule has 2 N–H and O–H groups in total. The number of carbonyl (C=O) groups is 2. The Morgan fingerprint density at radius 2 is 2.11 bits per heavy atom. The molecular weight excluding hydrogens is 244 g/mol. The van der Waals surface area contributed by atoms with Gasteiger partial charge in [0.1, 0.15) is 0 Å². The zero-order valence-corrected chi connectivity index (χ0v) is 10.9. The molecule has 0 bridgehead atoms. The van der Waals surface area contributed by atoms with Gasteiger partial charge in [0.05, 0.1) is 6.42 Å². The lowest BCUT2D eigenvalue weighted by molar-refractivity contribution is -0.138. The van der Waals surface area contributed by atoms with Crippen LogP contribution in [0.3, 0.4) is 0 Å². The molecule has 1 atom stereocenters. The number of aryl methyl sites for hydroxylation is 1. The highest BCUT2D eigenvalue weighted by molar-refractivity contribution is 5.75. The molecule has 1 aliphatic heterocycles. The molecule has 1 aliphatic rings. The van der Waals surface area contributed by atoms with Crippen LogP contribution in [0.15, 0.2) is 24.3 Å². The monoisotopic (exact) mass is 262 g/mol. The van der Waals surface area contributed by atoms with Gasteiger partial charge >= 0.3 is 12.0 Å². The maximum Gasteiger partial charge on any atom is 0.317 e. The average molecular weight is 262 g/mol. The maximum absolute atomic E-state index is 11.8. The van der Waals surface area contributed by atoms with Crippen molar-refractivity contribution in [1.29, 1.82) is 0 Å². The number of carboxylic acids is 1. The topological polar surface area (TPSA) is 69.6 Å². The van der Waals surface area contributed by atoms with E-state index in [-0.39, 0.29) is 18.4 Å². The maximum atomic E-state index is 11.8. The largest absolute Gasteiger partial charge is 0.481 e. The fraction of sp³-hybridized carbons (Fsp3) is 0.429. The minimum atomic E-state index is -0.823. The number of carboxylic acid groups (broad SMARTS) is 1. The molecule has 0 aromatic heterocycles. The van der Waals surface area contributed by atoms with Crippen molar-refractivity contribution in [3.63, 3.8) is 0 Å². The van der Waals surface area contributed by atoms with Crippen LogP contribution in [0.4, 0.5) is 4.79 Å². The van der Waals surface area contributed by atoms with E-state index in [1.54, 1.807) is 4.90 Å². The van der Waals surface area contributed by atoms with E-state index in [2.05, 4.69) is 5.32 Å². The molecule has 1 saturated heterocycles. The molecule has 102 valence electrons. The van der Waals surface area contributed by atoms with E-state index >= 15 is 0 Å². The molecule has 0 aliphatic carbocycles. The molecule has 1 aromatic carbocycles. The van der Waals surface area contributed by atoms with Crippen molar-refractivity contribution in [3.05, 3.63) is 35.4 Å². The van der Waals surface area contributed by atoms with Gasteiger partial charge in [0.25, 0.3) is 0 Å². The van der Waals surface area contributed by atoms with E-state index in [1.807, 2.05) is 31.2 Å². The number of hydrogen-bond donors (Lipinski definition) is 2. The van der Waals surface area contributed by atoms with Gasteiger partial charge < -0.3 is 15.3 Å². The van der Waals surface area contributed by atoms with Crippen molar-refractivity contribution in [3.8, 4) is 0 Å². The summed E-state index contributed by atoms with van der Waals surface area (Å²) in [6.45, 7) is 3.46. The zero-order valence-electron chi connectivity index (χ0n) is 10.9. The first-order chi connectivity index (χ1) is 9.04. The van der Waals surface area contributed by atoms with E-state index in [0.29, 0.717) is 19.6 Å². The molecular formula is C14H18N2O3. The van der Waals surface area contributed by atoms with Crippen molar-refractivity contribution in [1.82, 2.24) is 10.2 Å². The Kier molecular flexibility index (Phi) is 4.04. The molecule has 1 fully saturated rings. The Morgan fingerprint density at radius 1 is 1.42 bits per heavy atom. The van der Waals surface area contributed by atoms with E-state index in [4.69, 9.17) is 5.11 Å².